The molecule has 0 saturated carbocycles. The van der Waals surface area contributed by atoms with Gasteiger partial charge in [0.2, 0.25) is 0 Å². The average molecular weight is 214 g/mol. The molecule has 0 radical (unpaired) electrons. The van der Waals surface area contributed by atoms with Crippen LogP contribution in [0.5, 0.6) is 0 Å². The predicted octanol–water partition coefficient (Wildman–Crippen LogP) is 0.206. The normalized spacial score (nSPS) is 20.8. The summed E-state index contributed by atoms with van der Waals surface area (Å²) in [4.78, 5) is 3.98. The largest absolute Gasteiger partial charge is 0.673 e. The topological polar surface area (TPSA) is 16.8 Å². The van der Waals surface area contributed by atoms with E-state index in [4.69, 9.17) is 0 Å². The minimum atomic E-state index is -6.00. The molecule has 76 valence electrons. The van der Waals surface area contributed by atoms with E-state index in [-0.39, 0.29) is 9.68 Å². The summed E-state index contributed by atoms with van der Waals surface area (Å²) in [5.74, 6) is 0. The number of rotatable bonds is 2. The van der Waals surface area contributed by atoms with Crippen LogP contribution in [0.15, 0.2) is 17.4 Å². The van der Waals surface area contributed by atoms with Crippen LogP contribution in [0.4, 0.5) is 17.3 Å². The van der Waals surface area contributed by atoms with Crippen LogP contribution in [-0.2, 0) is 0 Å². The van der Waals surface area contributed by atoms with Gasteiger partial charge in [0, 0.05) is 0 Å². The van der Waals surface area contributed by atoms with Gasteiger partial charge in [0.25, 0.3) is 9.68 Å². The Morgan fingerprint density at radius 3 is 2.23 bits per heavy atom. The second-order valence-corrected chi connectivity index (χ2v) is 4.73. The third kappa shape index (κ3) is 11.4. The minimum Gasteiger partial charge on any atom is -0.418 e. The van der Waals surface area contributed by atoms with Gasteiger partial charge in [-0.3, -0.25) is 0 Å². The molecule has 0 bridgehead atoms. The zero-order valence-electron chi connectivity index (χ0n) is 7.18. The van der Waals surface area contributed by atoms with Crippen molar-refractivity contribution >= 4 is 23.3 Å². The molecule has 2 nitrogen and oxygen atoms in total. The van der Waals surface area contributed by atoms with Gasteiger partial charge in [-0.2, -0.15) is 0 Å². The van der Waals surface area contributed by atoms with E-state index in [0.29, 0.717) is 0 Å². The maximum atomic E-state index is 9.75. The summed E-state index contributed by atoms with van der Waals surface area (Å²) >= 11 is 0. The highest BCUT2D eigenvalue weighted by Gasteiger charge is 2.20. The summed E-state index contributed by atoms with van der Waals surface area (Å²) < 4.78 is 40.5. The van der Waals surface area contributed by atoms with Crippen LogP contribution in [0.2, 0.25) is 6.04 Å². The minimum absolute atomic E-state index is 0.0787. The van der Waals surface area contributed by atoms with Crippen LogP contribution in [-0.4, -0.2) is 23.3 Å². The Kier molecular flexibility index (Phi) is 5.64. The van der Waals surface area contributed by atoms with Crippen molar-refractivity contribution in [2.45, 2.75) is 13.0 Å². The van der Waals surface area contributed by atoms with Gasteiger partial charge in [0.1, 0.15) is 6.20 Å². The number of quaternary nitrogens is 1. The first-order chi connectivity index (χ1) is 5.93. The second-order valence-electron chi connectivity index (χ2n) is 2.41. The van der Waals surface area contributed by atoms with Crippen molar-refractivity contribution < 1.29 is 21.8 Å². The van der Waals surface area contributed by atoms with Gasteiger partial charge in [-0.1, -0.05) is 6.92 Å². The molecule has 1 aliphatic rings. The number of halogens is 4. The zero-order valence-corrected chi connectivity index (χ0v) is 8.60. The van der Waals surface area contributed by atoms with Gasteiger partial charge >= 0.3 is 7.25 Å². The summed E-state index contributed by atoms with van der Waals surface area (Å²) in [5, 5.41) is 0. The molecule has 13 heavy (non-hydrogen) atoms. The van der Waals surface area contributed by atoms with E-state index in [0.717, 1.165) is 0 Å². The molecule has 1 atom stereocenters. The van der Waals surface area contributed by atoms with Crippen molar-refractivity contribution in [1.82, 2.24) is 0 Å². The van der Waals surface area contributed by atoms with Crippen LogP contribution in [0, 0.1) is 0 Å². The highest BCUT2D eigenvalue weighted by Crippen LogP contribution is 2.06. The van der Waals surface area contributed by atoms with Crippen molar-refractivity contribution in [3.8, 4) is 0 Å². The van der Waals surface area contributed by atoms with Crippen molar-refractivity contribution in [3.63, 3.8) is 0 Å². The molecule has 0 aromatic rings. The maximum Gasteiger partial charge on any atom is 0.673 e. The Labute approximate surface area is 76.3 Å². The van der Waals surface area contributed by atoms with Crippen LogP contribution in [0.3, 0.4) is 0 Å². The molecular formula is C5H11BF4N2Si. The van der Waals surface area contributed by atoms with E-state index in [9.17, 15) is 17.3 Å². The monoisotopic (exact) mass is 214 g/mol. The average Bonchev–Trinajstić information content (AvgIpc) is 2.36. The lowest BCUT2D eigenvalue weighted by atomic mass is 10.3. The molecule has 1 aliphatic heterocycles. The fourth-order valence-electron chi connectivity index (χ4n) is 0.757. The molecular weight excluding hydrogens is 203 g/mol. The van der Waals surface area contributed by atoms with E-state index in [1.807, 2.05) is 12.5 Å². The lowest BCUT2D eigenvalue weighted by Gasteiger charge is -1.99. The summed E-state index contributed by atoms with van der Waals surface area (Å²) in [7, 11) is -5.92. The smallest absolute Gasteiger partial charge is 0.418 e. The number of hydrogen-bond donors (Lipinski definition) is 1. The molecule has 0 saturated heterocycles. The lowest BCUT2D eigenvalue weighted by molar-refractivity contribution is -0.598. The summed E-state index contributed by atoms with van der Waals surface area (Å²) in [6, 6.07) is 1.35. The maximum absolute atomic E-state index is 9.75. The molecule has 0 aromatic heterocycles. The van der Waals surface area contributed by atoms with E-state index in [1.165, 1.54) is 10.6 Å². The highest BCUT2D eigenvalue weighted by molar-refractivity contribution is 6.50. The van der Waals surface area contributed by atoms with E-state index in [2.05, 4.69) is 18.1 Å². The summed E-state index contributed by atoms with van der Waals surface area (Å²) in [5.41, 5.74) is 0. The second kappa shape index (κ2) is 5.92. The molecule has 0 aromatic carbocycles. The molecule has 1 unspecified atom stereocenters. The Hall–Kier alpha value is -0.628. The van der Waals surface area contributed by atoms with Gasteiger partial charge in [0.05, 0.1) is 6.20 Å². The Bertz CT molecular complexity index is 175. The number of aliphatic imine (C=N–C) groups is 1. The van der Waals surface area contributed by atoms with Gasteiger partial charge in [0.15, 0.2) is 6.34 Å². The standard InChI is InChI=1S/C5H10N2Si.BF4/c1-2-8-7-4-3-6-5-7;2-1(3,4)5/h3-5H,2,8H2,1H3;/q;-1/p+1. The molecule has 0 aliphatic carbocycles. The fourth-order valence-corrected chi connectivity index (χ4v) is 1.84. The molecule has 0 amide bonds. The SMILES string of the molecule is CC[SiH2][NH+]1C=CN=C1.F[B-](F)(F)F. The molecule has 1 N–H and O–H groups in total. The van der Waals surface area contributed by atoms with Gasteiger partial charge in [-0.15, -0.1) is 0 Å². The Morgan fingerprint density at radius 2 is 1.92 bits per heavy atom. The van der Waals surface area contributed by atoms with Crippen molar-refractivity contribution in [3.05, 3.63) is 12.4 Å². The van der Waals surface area contributed by atoms with Crippen molar-refractivity contribution in [2.24, 2.45) is 4.99 Å². The first kappa shape index (κ1) is 12.4. The van der Waals surface area contributed by atoms with Gasteiger partial charge in [-0.05, 0) is 6.04 Å². The Balaban J connectivity index is 0.000000252. The number of hydrogen-bond acceptors (Lipinski definition) is 1. The zero-order chi connectivity index (χ0) is 10.3. The fraction of sp³-hybridized carbons (Fsp3) is 0.400. The first-order valence-corrected chi connectivity index (χ1v) is 5.57. The van der Waals surface area contributed by atoms with Crippen molar-refractivity contribution in [2.75, 3.05) is 0 Å². The lowest BCUT2D eigenvalue weighted by Crippen LogP contribution is -3.07. The van der Waals surface area contributed by atoms with Gasteiger partial charge in [-0.25, -0.2) is 4.99 Å². The van der Waals surface area contributed by atoms with Gasteiger partial charge < -0.3 is 21.8 Å². The highest BCUT2D eigenvalue weighted by atomic mass is 28.2. The third-order valence-electron chi connectivity index (χ3n) is 1.15. The molecule has 0 spiro atoms. The van der Waals surface area contributed by atoms with E-state index < -0.39 is 7.25 Å². The van der Waals surface area contributed by atoms with Crippen molar-refractivity contribution in [1.29, 1.82) is 0 Å². The summed E-state index contributed by atoms with van der Waals surface area (Å²) in [6.07, 6.45) is 5.98. The third-order valence-corrected chi connectivity index (χ3v) is 2.65. The predicted molar refractivity (Wildman–Crippen MR) is 47.8 cm³/mol. The number of nitrogens with one attached hydrogen (secondary N) is 1. The summed E-state index contributed by atoms with van der Waals surface area (Å²) in [6.45, 7) is 2.24. The Morgan fingerprint density at radius 1 is 1.38 bits per heavy atom. The quantitative estimate of drug-likeness (QED) is 0.499. The van der Waals surface area contributed by atoms with Crippen LogP contribution < -0.4 is 4.57 Å². The first-order valence-electron chi connectivity index (χ1n) is 3.86. The van der Waals surface area contributed by atoms with Crippen LogP contribution in [0.25, 0.3) is 0 Å². The van der Waals surface area contributed by atoms with E-state index in [1.54, 1.807) is 0 Å². The van der Waals surface area contributed by atoms with Crippen LogP contribution >= 0.6 is 0 Å². The number of nitrogens with zero attached hydrogens (tertiary/aromatic N) is 1. The molecule has 1 rings (SSSR count). The molecule has 8 heteroatoms. The van der Waals surface area contributed by atoms with Crippen LogP contribution in [0.1, 0.15) is 6.92 Å². The molecule has 0 fully saturated rings. The molecule has 1 heterocycles. The van der Waals surface area contributed by atoms with E-state index >= 15 is 0 Å².